The molecule has 0 spiro atoms. The molecule has 0 aliphatic carbocycles. The van der Waals surface area contributed by atoms with Crippen molar-refractivity contribution in [3.05, 3.63) is 29.8 Å². The summed E-state index contributed by atoms with van der Waals surface area (Å²) in [5.41, 5.74) is 2.56. The van der Waals surface area contributed by atoms with E-state index in [1.807, 2.05) is 11.9 Å². The third kappa shape index (κ3) is 3.47. The van der Waals surface area contributed by atoms with Crippen LogP contribution in [0.1, 0.15) is 18.4 Å². The molecule has 1 aliphatic rings. The van der Waals surface area contributed by atoms with E-state index in [1.165, 1.54) is 11.3 Å². The first-order chi connectivity index (χ1) is 9.08. The first-order valence-corrected chi connectivity index (χ1v) is 6.80. The Kier molecular flexibility index (Phi) is 4.43. The minimum absolute atomic E-state index is 0.117. The first-order valence-electron chi connectivity index (χ1n) is 6.80. The monoisotopic (exact) mass is 262 g/mol. The fourth-order valence-corrected chi connectivity index (χ4v) is 2.79. The average Bonchev–Trinajstić information content (AvgIpc) is 2.38. The Balaban J connectivity index is 2.05. The molecule has 0 bridgehead atoms. The van der Waals surface area contributed by atoms with Crippen LogP contribution in [0.4, 0.5) is 5.69 Å². The molecule has 0 aromatic heterocycles. The number of hydrogen-bond donors (Lipinski definition) is 1. The maximum Gasteiger partial charge on any atom is 0.317 e. The lowest BCUT2D eigenvalue weighted by atomic mass is 10.0. The van der Waals surface area contributed by atoms with Gasteiger partial charge in [-0.05, 0) is 38.4 Å². The fraction of sp³-hybridized carbons (Fsp3) is 0.533. The number of nitrogens with zero attached hydrogens (tertiary/aromatic N) is 2. The van der Waals surface area contributed by atoms with Gasteiger partial charge in [0.15, 0.2) is 0 Å². The second-order valence-corrected chi connectivity index (χ2v) is 5.34. The quantitative estimate of drug-likeness (QED) is 0.901. The van der Waals surface area contributed by atoms with Crippen LogP contribution in [0, 0.1) is 6.92 Å². The molecule has 104 valence electrons. The molecular formula is C15H22N2O2. The van der Waals surface area contributed by atoms with Crippen molar-refractivity contribution in [3.8, 4) is 0 Å². The highest BCUT2D eigenvalue weighted by atomic mass is 16.4. The lowest BCUT2D eigenvalue weighted by molar-refractivity contribution is -0.138. The molecule has 1 fully saturated rings. The highest BCUT2D eigenvalue weighted by molar-refractivity contribution is 5.69. The van der Waals surface area contributed by atoms with Gasteiger partial charge in [0.25, 0.3) is 0 Å². The van der Waals surface area contributed by atoms with Gasteiger partial charge in [-0.3, -0.25) is 9.69 Å². The summed E-state index contributed by atoms with van der Waals surface area (Å²) >= 11 is 0. The Hall–Kier alpha value is -1.55. The minimum atomic E-state index is -0.754. The lowest BCUT2D eigenvalue weighted by Crippen LogP contribution is -2.48. The number of para-hydroxylation sites is 1. The van der Waals surface area contributed by atoms with E-state index in [0.29, 0.717) is 6.04 Å². The van der Waals surface area contributed by atoms with E-state index >= 15 is 0 Å². The lowest BCUT2D eigenvalue weighted by Gasteiger charge is -2.39. The summed E-state index contributed by atoms with van der Waals surface area (Å²) in [6.45, 7) is 4.21. The molecule has 4 nitrogen and oxygen atoms in total. The number of hydrogen-bond acceptors (Lipinski definition) is 3. The molecule has 1 aromatic carbocycles. The van der Waals surface area contributed by atoms with Crippen molar-refractivity contribution in [2.75, 3.05) is 31.6 Å². The second kappa shape index (κ2) is 6.06. The Bertz CT molecular complexity index is 448. The van der Waals surface area contributed by atoms with Crippen molar-refractivity contribution >= 4 is 11.7 Å². The van der Waals surface area contributed by atoms with Crippen LogP contribution in [-0.2, 0) is 4.79 Å². The van der Waals surface area contributed by atoms with Crippen LogP contribution in [0.15, 0.2) is 24.3 Å². The number of likely N-dealkylation sites (N-methyl/N-ethyl adjacent to an activating group) is 1. The zero-order valence-corrected chi connectivity index (χ0v) is 11.7. The van der Waals surface area contributed by atoms with Crippen LogP contribution in [-0.4, -0.2) is 48.7 Å². The molecule has 1 saturated heterocycles. The molecule has 4 heteroatoms. The Labute approximate surface area is 114 Å². The summed E-state index contributed by atoms with van der Waals surface area (Å²) in [4.78, 5) is 15.1. The average molecular weight is 262 g/mol. The highest BCUT2D eigenvalue weighted by Crippen LogP contribution is 2.24. The predicted octanol–water partition coefficient (Wildman–Crippen LogP) is 1.98. The molecule has 1 heterocycles. The van der Waals surface area contributed by atoms with Crippen LogP contribution in [0.5, 0.6) is 0 Å². The SMILES string of the molecule is Cc1ccccc1N1CCCC(N(C)CC(=O)O)C1. The first kappa shape index (κ1) is 13.9. The summed E-state index contributed by atoms with van der Waals surface area (Å²) in [6.07, 6.45) is 2.19. The molecule has 1 N–H and O–H groups in total. The van der Waals surface area contributed by atoms with Crippen molar-refractivity contribution in [1.29, 1.82) is 0 Å². The Morgan fingerprint density at radius 3 is 2.89 bits per heavy atom. The van der Waals surface area contributed by atoms with E-state index < -0.39 is 5.97 Å². The van der Waals surface area contributed by atoms with Gasteiger partial charge >= 0.3 is 5.97 Å². The van der Waals surface area contributed by atoms with Crippen LogP contribution in [0.2, 0.25) is 0 Å². The zero-order chi connectivity index (χ0) is 13.8. The van der Waals surface area contributed by atoms with Gasteiger partial charge in [-0.15, -0.1) is 0 Å². The summed E-state index contributed by atoms with van der Waals surface area (Å²) < 4.78 is 0. The highest BCUT2D eigenvalue weighted by Gasteiger charge is 2.24. The minimum Gasteiger partial charge on any atom is -0.480 e. The van der Waals surface area contributed by atoms with E-state index in [-0.39, 0.29) is 6.54 Å². The summed E-state index contributed by atoms with van der Waals surface area (Å²) in [5, 5.41) is 8.89. The van der Waals surface area contributed by atoms with Crippen molar-refractivity contribution in [2.24, 2.45) is 0 Å². The molecule has 1 aromatic rings. The number of rotatable bonds is 4. The number of aliphatic carboxylic acids is 1. The van der Waals surface area contributed by atoms with Gasteiger partial charge in [-0.2, -0.15) is 0 Å². The Morgan fingerprint density at radius 2 is 2.21 bits per heavy atom. The fourth-order valence-electron chi connectivity index (χ4n) is 2.79. The molecule has 2 rings (SSSR count). The van der Waals surface area contributed by atoms with Crippen LogP contribution < -0.4 is 4.90 Å². The zero-order valence-electron chi connectivity index (χ0n) is 11.7. The van der Waals surface area contributed by atoms with Crippen molar-refractivity contribution in [1.82, 2.24) is 4.90 Å². The number of anilines is 1. The van der Waals surface area contributed by atoms with Gasteiger partial charge in [-0.1, -0.05) is 18.2 Å². The third-order valence-electron chi connectivity index (χ3n) is 3.86. The van der Waals surface area contributed by atoms with Gasteiger partial charge < -0.3 is 10.0 Å². The molecular weight excluding hydrogens is 240 g/mol. The molecule has 19 heavy (non-hydrogen) atoms. The predicted molar refractivity (Wildman–Crippen MR) is 76.7 cm³/mol. The van der Waals surface area contributed by atoms with Crippen molar-refractivity contribution < 1.29 is 9.90 Å². The molecule has 1 unspecified atom stereocenters. The van der Waals surface area contributed by atoms with E-state index in [2.05, 4.69) is 36.1 Å². The van der Waals surface area contributed by atoms with E-state index in [1.54, 1.807) is 0 Å². The second-order valence-electron chi connectivity index (χ2n) is 5.34. The van der Waals surface area contributed by atoms with Gasteiger partial charge in [-0.25, -0.2) is 0 Å². The number of benzene rings is 1. The number of carboxylic acids is 1. The van der Waals surface area contributed by atoms with Crippen LogP contribution in [0.3, 0.4) is 0 Å². The maximum absolute atomic E-state index is 10.8. The van der Waals surface area contributed by atoms with Crippen molar-refractivity contribution in [2.45, 2.75) is 25.8 Å². The number of piperidine rings is 1. The molecule has 0 saturated carbocycles. The third-order valence-corrected chi connectivity index (χ3v) is 3.86. The van der Waals surface area contributed by atoms with E-state index in [9.17, 15) is 4.79 Å². The van der Waals surface area contributed by atoms with Crippen LogP contribution in [0.25, 0.3) is 0 Å². The number of carboxylic acid groups (broad SMARTS) is 1. The number of aryl methyl sites for hydroxylation is 1. The van der Waals surface area contributed by atoms with E-state index in [4.69, 9.17) is 5.11 Å². The molecule has 0 radical (unpaired) electrons. The largest absolute Gasteiger partial charge is 0.480 e. The molecule has 0 amide bonds. The smallest absolute Gasteiger partial charge is 0.317 e. The standard InChI is InChI=1S/C15H22N2O2/c1-12-6-3-4-8-14(12)17-9-5-7-13(10-17)16(2)11-15(18)19/h3-4,6,8,13H,5,7,9-11H2,1-2H3,(H,18,19). The molecule has 1 atom stereocenters. The van der Waals surface area contributed by atoms with Crippen molar-refractivity contribution in [3.63, 3.8) is 0 Å². The summed E-state index contributed by atoms with van der Waals surface area (Å²) in [7, 11) is 1.90. The Morgan fingerprint density at radius 1 is 1.47 bits per heavy atom. The van der Waals surface area contributed by atoms with Gasteiger partial charge in [0, 0.05) is 24.8 Å². The van der Waals surface area contributed by atoms with E-state index in [0.717, 1.165) is 25.9 Å². The summed E-state index contributed by atoms with van der Waals surface area (Å²) in [6, 6.07) is 8.71. The normalized spacial score (nSPS) is 19.7. The topological polar surface area (TPSA) is 43.8 Å². The molecule has 1 aliphatic heterocycles. The van der Waals surface area contributed by atoms with Gasteiger partial charge in [0.1, 0.15) is 0 Å². The number of carbonyl (C=O) groups is 1. The maximum atomic E-state index is 10.8. The van der Waals surface area contributed by atoms with Crippen LogP contribution >= 0.6 is 0 Å². The van der Waals surface area contributed by atoms with Gasteiger partial charge in [0.05, 0.1) is 6.54 Å². The van der Waals surface area contributed by atoms with Gasteiger partial charge in [0.2, 0.25) is 0 Å². The summed E-state index contributed by atoms with van der Waals surface area (Å²) in [5.74, 6) is -0.754.